The quantitative estimate of drug-likeness (QED) is 0.186. The van der Waals surface area contributed by atoms with E-state index in [0.29, 0.717) is 24.6 Å². The second-order valence-electron chi connectivity index (χ2n) is 6.89. The van der Waals surface area contributed by atoms with E-state index in [9.17, 15) is 8.42 Å². The predicted molar refractivity (Wildman–Crippen MR) is 122 cm³/mol. The summed E-state index contributed by atoms with van der Waals surface area (Å²) in [6, 6.07) is 0. The SMILES string of the molecule is CCCCCCCCCCNC(=NC)NCCN1CCS(=O)(=O)CC1.I. The van der Waals surface area contributed by atoms with Gasteiger partial charge in [0.1, 0.15) is 0 Å². The summed E-state index contributed by atoms with van der Waals surface area (Å²) in [6.45, 7) is 6.15. The van der Waals surface area contributed by atoms with Crippen molar-refractivity contribution in [3.05, 3.63) is 0 Å². The predicted octanol–water partition coefficient (Wildman–Crippen LogP) is 2.64. The van der Waals surface area contributed by atoms with Gasteiger partial charge in [0.2, 0.25) is 0 Å². The Morgan fingerprint density at radius 2 is 1.46 bits per heavy atom. The van der Waals surface area contributed by atoms with Crippen molar-refractivity contribution < 1.29 is 8.42 Å². The monoisotopic (exact) mass is 502 g/mol. The van der Waals surface area contributed by atoms with Crippen molar-refractivity contribution in [1.82, 2.24) is 15.5 Å². The summed E-state index contributed by atoms with van der Waals surface area (Å²) in [5, 5.41) is 6.67. The Kier molecular flexibility index (Phi) is 15.9. The van der Waals surface area contributed by atoms with Crippen molar-refractivity contribution in [2.45, 2.75) is 58.3 Å². The van der Waals surface area contributed by atoms with Crippen LogP contribution in [0.5, 0.6) is 0 Å². The van der Waals surface area contributed by atoms with E-state index in [-0.39, 0.29) is 24.0 Å². The Hall–Kier alpha value is -0.0900. The molecule has 0 radical (unpaired) electrons. The lowest BCUT2D eigenvalue weighted by molar-refractivity contribution is 0.299. The summed E-state index contributed by atoms with van der Waals surface area (Å²) < 4.78 is 22.8. The van der Waals surface area contributed by atoms with Crippen LogP contribution in [0.15, 0.2) is 4.99 Å². The van der Waals surface area contributed by atoms with Gasteiger partial charge in [-0.1, -0.05) is 51.9 Å². The minimum atomic E-state index is -2.79. The first-order chi connectivity index (χ1) is 12.1. The lowest BCUT2D eigenvalue weighted by Crippen LogP contribution is -2.46. The van der Waals surface area contributed by atoms with Crippen LogP contribution in [0.2, 0.25) is 0 Å². The number of hydrogen-bond donors (Lipinski definition) is 2. The topological polar surface area (TPSA) is 73.8 Å². The van der Waals surface area contributed by atoms with E-state index < -0.39 is 9.84 Å². The number of sulfone groups is 1. The molecule has 6 nitrogen and oxygen atoms in total. The van der Waals surface area contributed by atoms with Gasteiger partial charge in [0.05, 0.1) is 11.5 Å². The van der Waals surface area contributed by atoms with Gasteiger partial charge in [-0.15, -0.1) is 24.0 Å². The largest absolute Gasteiger partial charge is 0.356 e. The van der Waals surface area contributed by atoms with Gasteiger partial charge in [-0.25, -0.2) is 8.42 Å². The van der Waals surface area contributed by atoms with E-state index in [2.05, 4.69) is 27.4 Å². The number of nitrogens with zero attached hydrogens (tertiary/aromatic N) is 2. The molecule has 2 N–H and O–H groups in total. The van der Waals surface area contributed by atoms with Gasteiger partial charge in [0.15, 0.2) is 15.8 Å². The van der Waals surface area contributed by atoms with Crippen LogP contribution < -0.4 is 10.6 Å². The number of hydrogen-bond acceptors (Lipinski definition) is 4. The Morgan fingerprint density at radius 1 is 0.923 bits per heavy atom. The molecule has 1 heterocycles. The van der Waals surface area contributed by atoms with Crippen molar-refractivity contribution >= 4 is 39.8 Å². The highest BCUT2D eigenvalue weighted by Gasteiger charge is 2.20. The van der Waals surface area contributed by atoms with Crippen LogP contribution >= 0.6 is 24.0 Å². The van der Waals surface area contributed by atoms with Crippen molar-refractivity contribution in [3.8, 4) is 0 Å². The number of nitrogens with one attached hydrogen (secondary N) is 2. The van der Waals surface area contributed by atoms with Crippen LogP contribution in [-0.2, 0) is 9.84 Å². The first-order valence-corrected chi connectivity index (χ1v) is 11.8. The first kappa shape index (κ1) is 25.9. The number of guanidine groups is 1. The lowest BCUT2D eigenvalue weighted by Gasteiger charge is -2.26. The van der Waals surface area contributed by atoms with Crippen LogP contribution in [0.1, 0.15) is 58.3 Å². The first-order valence-electron chi connectivity index (χ1n) is 9.94. The zero-order valence-corrected chi connectivity index (χ0v) is 19.8. The molecular weight excluding hydrogens is 463 g/mol. The molecule has 0 unspecified atom stereocenters. The van der Waals surface area contributed by atoms with Crippen molar-refractivity contribution in [1.29, 1.82) is 0 Å². The van der Waals surface area contributed by atoms with Crippen LogP contribution in [0.3, 0.4) is 0 Å². The van der Waals surface area contributed by atoms with Gasteiger partial charge in [0, 0.05) is 39.8 Å². The molecule has 0 bridgehead atoms. The number of aliphatic imine (C=N–C) groups is 1. The molecule has 1 aliphatic rings. The van der Waals surface area contributed by atoms with Gasteiger partial charge < -0.3 is 10.6 Å². The third-order valence-corrected chi connectivity index (χ3v) is 6.31. The van der Waals surface area contributed by atoms with Crippen LogP contribution in [0.25, 0.3) is 0 Å². The van der Waals surface area contributed by atoms with Gasteiger partial charge in [0.25, 0.3) is 0 Å². The van der Waals surface area contributed by atoms with E-state index in [1.54, 1.807) is 7.05 Å². The molecule has 0 aromatic carbocycles. The summed E-state index contributed by atoms with van der Waals surface area (Å²) >= 11 is 0. The molecule has 1 saturated heterocycles. The summed E-state index contributed by atoms with van der Waals surface area (Å²) in [7, 11) is -0.998. The van der Waals surface area contributed by atoms with Gasteiger partial charge in [-0.2, -0.15) is 0 Å². The van der Waals surface area contributed by atoms with Crippen LogP contribution in [0, 0.1) is 0 Å². The molecule has 0 aromatic heterocycles. The average molecular weight is 503 g/mol. The molecule has 1 rings (SSSR count). The molecule has 0 amide bonds. The van der Waals surface area contributed by atoms with Crippen molar-refractivity contribution in [2.75, 3.05) is 51.3 Å². The van der Waals surface area contributed by atoms with Crippen molar-refractivity contribution in [3.63, 3.8) is 0 Å². The van der Waals surface area contributed by atoms with E-state index >= 15 is 0 Å². The summed E-state index contributed by atoms with van der Waals surface area (Å²) in [5.41, 5.74) is 0. The second kappa shape index (κ2) is 15.9. The Balaban J connectivity index is 0.00000625. The van der Waals surface area contributed by atoms with E-state index in [1.807, 2.05) is 0 Å². The van der Waals surface area contributed by atoms with E-state index in [4.69, 9.17) is 0 Å². The normalized spacial score (nSPS) is 17.5. The third-order valence-electron chi connectivity index (χ3n) is 4.70. The Bertz CT molecular complexity index is 458. The zero-order valence-electron chi connectivity index (χ0n) is 16.6. The Morgan fingerprint density at radius 3 is 2.04 bits per heavy atom. The highest BCUT2D eigenvalue weighted by molar-refractivity contribution is 14.0. The lowest BCUT2D eigenvalue weighted by atomic mass is 10.1. The van der Waals surface area contributed by atoms with Crippen LogP contribution in [-0.4, -0.2) is 70.6 Å². The highest BCUT2D eigenvalue weighted by Crippen LogP contribution is 2.07. The molecule has 1 fully saturated rings. The Labute approximate surface area is 177 Å². The maximum atomic E-state index is 11.4. The molecule has 1 aliphatic heterocycles. The zero-order chi connectivity index (χ0) is 18.4. The maximum absolute atomic E-state index is 11.4. The van der Waals surface area contributed by atoms with E-state index in [1.165, 1.54) is 51.4 Å². The summed E-state index contributed by atoms with van der Waals surface area (Å²) in [6.07, 6.45) is 10.6. The molecule has 8 heteroatoms. The molecule has 156 valence electrons. The fourth-order valence-electron chi connectivity index (χ4n) is 2.99. The van der Waals surface area contributed by atoms with Gasteiger partial charge in [-0.3, -0.25) is 9.89 Å². The summed E-state index contributed by atoms with van der Waals surface area (Å²) in [4.78, 5) is 6.44. The maximum Gasteiger partial charge on any atom is 0.191 e. The fourth-order valence-corrected chi connectivity index (χ4v) is 4.27. The molecule has 0 aromatic rings. The minimum Gasteiger partial charge on any atom is -0.356 e. The standard InChI is InChI=1S/C18H38N4O2S.HI/c1-3-4-5-6-7-8-9-10-11-20-18(19-2)21-12-13-22-14-16-25(23,24)17-15-22;/h3-17H2,1-2H3,(H2,19,20,21);1H. The van der Waals surface area contributed by atoms with Gasteiger partial charge >= 0.3 is 0 Å². The molecule has 0 spiro atoms. The number of rotatable bonds is 12. The van der Waals surface area contributed by atoms with Gasteiger partial charge in [-0.05, 0) is 6.42 Å². The number of unbranched alkanes of at least 4 members (excludes halogenated alkanes) is 7. The molecular formula is C18H39IN4O2S. The van der Waals surface area contributed by atoms with E-state index in [0.717, 1.165) is 25.6 Å². The number of halogens is 1. The molecule has 26 heavy (non-hydrogen) atoms. The molecule has 0 aliphatic carbocycles. The van der Waals surface area contributed by atoms with Crippen LogP contribution in [0.4, 0.5) is 0 Å². The summed E-state index contributed by atoms with van der Waals surface area (Å²) in [5.74, 6) is 1.42. The smallest absolute Gasteiger partial charge is 0.191 e. The average Bonchev–Trinajstić information content (AvgIpc) is 2.60. The fraction of sp³-hybridized carbons (Fsp3) is 0.944. The minimum absolute atomic E-state index is 0. The third kappa shape index (κ3) is 13.1. The van der Waals surface area contributed by atoms with Crippen molar-refractivity contribution in [2.24, 2.45) is 4.99 Å². The molecule has 0 saturated carbocycles. The molecule has 0 atom stereocenters. The second-order valence-corrected chi connectivity index (χ2v) is 9.20. The highest BCUT2D eigenvalue weighted by atomic mass is 127.